The highest BCUT2D eigenvalue weighted by atomic mass is 16.2. The molecule has 2 heterocycles. The number of rotatable bonds is 4. The standard InChI is InChI=1S/C28H25N5O/c29-21-22-10-12-25(13-11-22)31-16-5-17-32(19-18-31)28(34)24-8-4-9-26(20-24)33-27(14-15-30-33)23-6-2-1-3-7-23/h1-4,6-15,20H,5,16-19H2. The van der Waals surface area contributed by atoms with Crippen LogP contribution in [0.3, 0.4) is 0 Å². The van der Waals surface area contributed by atoms with E-state index < -0.39 is 0 Å². The van der Waals surface area contributed by atoms with E-state index in [0.717, 1.165) is 42.1 Å². The predicted molar refractivity (Wildman–Crippen MR) is 133 cm³/mol. The van der Waals surface area contributed by atoms with E-state index in [1.54, 1.807) is 6.20 Å². The zero-order valence-electron chi connectivity index (χ0n) is 18.8. The monoisotopic (exact) mass is 447 g/mol. The van der Waals surface area contributed by atoms with Gasteiger partial charge in [0, 0.05) is 43.0 Å². The second-order valence-electron chi connectivity index (χ2n) is 8.34. The maximum atomic E-state index is 13.4. The van der Waals surface area contributed by atoms with Gasteiger partial charge in [0.25, 0.3) is 5.91 Å². The molecule has 6 heteroatoms. The first-order chi connectivity index (χ1) is 16.7. The van der Waals surface area contributed by atoms with Crippen molar-refractivity contribution in [1.29, 1.82) is 5.26 Å². The molecule has 6 nitrogen and oxygen atoms in total. The van der Waals surface area contributed by atoms with Gasteiger partial charge in [-0.25, -0.2) is 4.68 Å². The van der Waals surface area contributed by atoms with Crippen molar-refractivity contribution in [2.24, 2.45) is 0 Å². The normalized spacial score (nSPS) is 13.9. The topological polar surface area (TPSA) is 65.2 Å². The molecular formula is C28H25N5O. The first-order valence-corrected chi connectivity index (χ1v) is 11.5. The molecular weight excluding hydrogens is 422 g/mol. The third-order valence-electron chi connectivity index (χ3n) is 6.19. The molecule has 1 fully saturated rings. The van der Waals surface area contributed by atoms with Crippen molar-refractivity contribution >= 4 is 11.6 Å². The fourth-order valence-electron chi connectivity index (χ4n) is 4.42. The van der Waals surface area contributed by atoms with Gasteiger partial charge < -0.3 is 9.80 Å². The molecule has 4 aromatic rings. The van der Waals surface area contributed by atoms with Gasteiger partial charge >= 0.3 is 0 Å². The number of nitriles is 1. The average molecular weight is 448 g/mol. The largest absolute Gasteiger partial charge is 0.370 e. The van der Waals surface area contributed by atoms with Crippen molar-refractivity contribution in [3.63, 3.8) is 0 Å². The molecule has 0 unspecified atom stereocenters. The number of carbonyl (C=O) groups excluding carboxylic acids is 1. The van der Waals surface area contributed by atoms with E-state index in [0.29, 0.717) is 24.2 Å². The first kappa shape index (κ1) is 21.5. The Bertz CT molecular complexity index is 1320. The van der Waals surface area contributed by atoms with Crippen LogP contribution < -0.4 is 4.90 Å². The summed E-state index contributed by atoms with van der Waals surface area (Å²) >= 11 is 0. The fourth-order valence-corrected chi connectivity index (χ4v) is 4.42. The molecule has 168 valence electrons. The summed E-state index contributed by atoms with van der Waals surface area (Å²) in [6.45, 7) is 3.01. The predicted octanol–water partition coefficient (Wildman–Crippen LogP) is 4.76. The van der Waals surface area contributed by atoms with Gasteiger partial charge in [0.15, 0.2) is 0 Å². The Kier molecular flexibility index (Phi) is 6.09. The summed E-state index contributed by atoms with van der Waals surface area (Å²) in [6, 6.07) is 29.6. The Balaban J connectivity index is 1.33. The lowest BCUT2D eigenvalue weighted by atomic mass is 10.1. The molecule has 1 amide bonds. The molecule has 0 saturated carbocycles. The molecule has 5 rings (SSSR count). The Morgan fingerprint density at radius 2 is 1.65 bits per heavy atom. The molecule has 1 saturated heterocycles. The van der Waals surface area contributed by atoms with Crippen molar-refractivity contribution in [1.82, 2.24) is 14.7 Å². The number of hydrogen-bond acceptors (Lipinski definition) is 4. The van der Waals surface area contributed by atoms with E-state index in [1.807, 2.05) is 82.4 Å². The number of hydrogen-bond donors (Lipinski definition) is 0. The minimum atomic E-state index is 0.0388. The zero-order chi connectivity index (χ0) is 23.3. The highest BCUT2D eigenvalue weighted by Gasteiger charge is 2.21. The van der Waals surface area contributed by atoms with E-state index in [4.69, 9.17) is 5.26 Å². The van der Waals surface area contributed by atoms with Crippen molar-refractivity contribution in [2.45, 2.75) is 6.42 Å². The van der Waals surface area contributed by atoms with E-state index >= 15 is 0 Å². The molecule has 0 N–H and O–H groups in total. The Morgan fingerprint density at radius 3 is 2.44 bits per heavy atom. The molecule has 0 radical (unpaired) electrons. The summed E-state index contributed by atoms with van der Waals surface area (Å²) in [5.41, 5.74) is 5.33. The van der Waals surface area contributed by atoms with Crippen LogP contribution in [0.15, 0.2) is 91.1 Å². The molecule has 0 aliphatic carbocycles. The minimum Gasteiger partial charge on any atom is -0.370 e. The molecule has 1 aromatic heterocycles. The maximum absolute atomic E-state index is 13.4. The highest BCUT2D eigenvalue weighted by molar-refractivity contribution is 5.95. The first-order valence-electron chi connectivity index (χ1n) is 11.5. The van der Waals surface area contributed by atoms with Crippen molar-refractivity contribution in [3.05, 3.63) is 102 Å². The fraction of sp³-hybridized carbons (Fsp3) is 0.179. The Hall–Kier alpha value is -4.37. The van der Waals surface area contributed by atoms with Gasteiger partial charge in [-0.3, -0.25) is 4.79 Å². The summed E-state index contributed by atoms with van der Waals surface area (Å²) in [4.78, 5) is 17.6. The quantitative estimate of drug-likeness (QED) is 0.452. The van der Waals surface area contributed by atoms with Crippen molar-refractivity contribution in [3.8, 4) is 23.0 Å². The van der Waals surface area contributed by atoms with Crippen LogP contribution in [0.1, 0.15) is 22.3 Å². The van der Waals surface area contributed by atoms with Gasteiger partial charge in [-0.2, -0.15) is 10.4 Å². The molecule has 0 bridgehead atoms. The highest BCUT2D eigenvalue weighted by Crippen LogP contribution is 2.23. The number of aromatic nitrogens is 2. The van der Waals surface area contributed by atoms with Crippen molar-refractivity contribution < 1.29 is 4.79 Å². The molecule has 0 spiro atoms. The van der Waals surface area contributed by atoms with E-state index in [2.05, 4.69) is 28.2 Å². The summed E-state index contributed by atoms with van der Waals surface area (Å²) in [5.74, 6) is 0.0388. The van der Waals surface area contributed by atoms with Gasteiger partial charge in [0.1, 0.15) is 0 Å². The Morgan fingerprint density at radius 1 is 0.824 bits per heavy atom. The summed E-state index contributed by atoms with van der Waals surface area (Å²) in [7, 11) is 0. The second kappa shape index (κ2) is 9.63. The second-order valence-corrected chi connectivity index (χ2v) is 8.34. The third-order valence-corrected chi connectivity index (χ3v) is 6.19. The smallest absolute Gasteiger partial charge is 0.253 e. The van der Waals surface area contributed by atoms with Crippen LogP contribution in [0.25, 0.3) is 16.9 Å². The van der Waals surface area contributed by atoms with E-state index in [-0.39, 0.29) is 5.91 Å². The molecule has 0 atom stereocenters. The zero-order valence-corrected chi connectivity index (χ0v) is 18.8. The van der Waals surface area contributed by atoms with Crippen LogP contribution in [-0.2, 0) is 0 Å². The van der Waals surface area contributed by atoms with Crippen LogP contribution in [0, 0.1) is 11.3 Å². The van der Waals surface area contributed by atoms with Crippen LogP contribution in [0.5, 0.6) is 0 Å². The van der Waals surface area contributed by atoms with Crippen LogP contribution >= 0.6 is 0 Å². The Labute approximate surface area is 199 Å². The molecule has 1 aliphatic heterocycles. The van der Waals surface area contributed by atoms with E-state index in [1.165, 1.54) is 0 Å². The van der Waals surface area contributed by atoms with Gasteiger partial charge in [0.05, 0.1) is 29.2 Å². The average Bonchev–Trinajstić information content (AvgIpc) is 3.27. The van der Waals surface area contributed by atoms with Gasteiger partial charge in [-0.1, -0.05) is 36.4 Å². The lowest BCUT2D eigenvalue weighted by Crippen LogP contribution is -2.35. The lowest BCUT2D eigenvalue weighted by molar-refractivity contribution is 0.0767. The number of nitrogens with zero attached hydrogens (tertiary/aromatic N) is 5. The summed E-state index contributed by atoms with van der Waals surface area (Å²) < 4.78 is 1.88. The molecule has 1 aliphatic rings. The van der Waals surface area contributed by atoms with Gasteiger partial charge in [-0.05, 0) is 55.0 Å². The van der Waals surface area contributed by atoms with Crippen molar-refractivity contribution in [2.75, 3.05) is 31.1 Å². The van der Waals surface area contributed by atoms with Crippen LogP contribution in [0.2, 0.25) is 0 Å². The number of carbonyl (C=O) groups is 1. The number of anilines is 1. The number of benzene rings is 3. The van der Waals surface area contributed by atoms with Gasteiger partial charge in [-0.15, -0.1) is 0 Å². The van der Waals surface area contributed by atoms with E-state index in [9.17, 15) is 4.79 Å². The lowest BCUT2D eigenvalue weighted by Gasteiger charge is -2.24. The summed E-state index contributed by atoms with van der Waals surface area (Å²) in [5, 5.41) is 13.5. The third kappa shape index (κ3) is 4.41. The molecule has 3 aromatic carbocycles. The van der Waals surface area contributed by atoms with Crippen LogP contribution in [0.4, 0.5) is 5.69 Å². The SMILES string of the molecule is N#Cc1ccc(N2CCCN(C(=O)c3cccc(-n4nccc4-c4ccccc4)c3)CC2)cc1. The maximum Gasteiger partial charge on any atom is 0.253 e. The minimum absolute atomic E-state index is 0.0388. The van der Waals surface area contributed by atoms with Gasteiger partial charge in [0.2, 0.25) is 0 Å². The molecule has 34 heavy (non-hydrogen) atoms. The number of amides is 1. The summed E-state index contributed by atoms with van der Waals surface area (Å²) in [6.07, 6.45) is 2.67. The van der Waals surface area contributed by atoms with Crippen LogP contribution in [-0.4, -0.2) is 46.8 Å².